The molecular weight excluding hydrogens is 242 g/mol. The van der Waals surface area contributed by atoms with E-state index in [1.54, 1.807) is 0 Å². The maximum Gasteiger partial charge on any atom is 0.137 e. The molecule has 0 atom stereocenters. The third-order valence-electron chi connectivity index (χ3n) is 2.07. The first-order valence-corrected chi connectivity index (χ1v) is 6.94. The van der Waals surface area contributed by atoms with Crippen molar-refractivity contribution in [2.24, 2.45) is 0 Å². The van der Waals surface area contributed by atoms with Gasteiger partial charge < -0.3 is 10.1 Å². The maximum atomic E-state index is 6.12. The number of thioether (sulfide) groups is 1. The van der Waals surface area contributed by atoms with Gasteiger partial charge >= 0.3 is 0 Å². The molecule has 0 aromatic heterocycles. The van der Waals surface area contributed by atoms with Crippen LogP contribution < -0.4 is 10.1 Å². The molecule has 16 heavy (non-hydrogen) atoms. The van der Waals surface area contributed by atoms with Gasteiger partial charge in [0.15, 0.2) is 0 Å². The standard InChI is InChI=1S/C12H18ClNOS/c1-3-16-7-6-15-12-5-4-10(9-14-2)8-11(12)13/h4-5,8,14H,3,6-7,9H2,1-2H3. The van der Waals surface area contributed by atoms with E-state index in [0.29, 0.717) is 11.6 Å². The van der Waals surface area contributed by atoms with Crippen molar-refractivity contribution in [1.29, 1.82) is 0 Å². The summed E-state index contributed by atoms with van der Waals surface area (Å²) < 4.78 is 5.60. The Kier molecular flexibility index (Phi) is 6.69. The molecule has 0 aliphatic rings. The summed E-state index contributed by atoms with van der Waals surface area (Å²) in [6, 6.07) is 5.91. The molecule has 0 amide bonds. The van der Waals surface area contributed by atoms with Crippen LogP contribution in [0.25, 0.3) is 0 Å². The fraction of sp³-hybridized carbons (Fsp3) is 0.500. The predicted octanol–water partition coefficient (Wildman–Crippen LogP) is 3.19. The maximum absolute atomic E-state index is 6.12. The molecule has 1 aromatic rings. The highest BCUT2D eigenvalue weighted by molar-refractivity contribution is 7.99. The van der Waals surface area contributed by atoms with Crippen molar-refractivity contribution in [2.75, 3.05) is 25.2 Å². The number of rotatable bonds is 7. The molecule has 0 saturated carbocycles. The van der Waals surface area contributed by atoms with Crippen molar-refractivity contribution in [3.05, 3.63) is 28.8 Å². The third kappa shape index (κ3) is 4.64. The van der Waals surface area contributed by atoms with Gasteiger partial charge in [-0.25, -0.2) is 0 Å². The van der Waals surface area contributed by atoms with Crippen molar-refractivity contribution in [3.8, 4) is 5.75 Å². The first kappa shape index (κ1) is 13.7. The van der Waals surface area contributed by atoms with Crippen molar-refractivity contribution in [3.63, 3.8) is 0 Å². The molecule has 2 nitrogen and oxygen atoms in total. The summed E-state index contributed by atoms with van der Waals surface area (Å²) in [6.07, 6.45) is 0. The predicted molar refractivity (Wildman–Crippen MR) is 72.7 cm³/mol. The summed E-state index contributed by atoms with van der Waals surface area (Å²) >= 11 is 7.98. The van der Waals surface area contributed by atoms with E-state index in [1.807, 2.05) is 37.0 Å². The third-order valence-corrected chi connectivity index (χ3v) is 3.23. The van der Waals surface area contributed by atoms with E-state index < -0.39 is 0 Å². The summed E-state index contributed by atoms with van der Waals surface area (Å²) in [5, 5.41) is 3.78. The second-order valence-electron chi connectivity index (χ2n) is 3.34. The van der Waals surface area contributed by atoms with Gasteiger partial charge in [-0.15, -0.1) is 0 Å². The zero-order valence-electron chi connectivity index (χ0n) is 9.75. The number of halogens is 1. The van der Waals surface area contributed by atoms with Gasteiger partial charge in [-0.2, -0.15) is 11.8 Å². The van der Waals surface area contributed by atoms with Crippen LogP contribution in [0.5, 0.6) is 5.75 Å². The molecule has 0 fully saturated rings. The Morgan fingerprint density at radius 2 is 2.25 bits per heavy atom. The topological polar surface area (TPSA) is 21.3 Å². The average molecular weight is 260 g/mol. The van der Waals surface area contributed by atoms with E-state index in [1.165, 1.54) is 5.56 Å². The first-order valence-electron chi connectivity index (χ1n) is 5.41. The molecule has 0 radical (unpaired) electrons. The SMILES string of the molecule is CCSCCOc1ccc(CNC)cc1Cl. The monoisotopic (exact) mass is 259 g/mol. The van der Waals surface area contributed by atoms with E-state index in [4.69, 9.17) is 16.3 Å². The number of nitrogens with one attached hydrogen (secondary N) is 1. The van der Waals surface area contributed by atoms with Crippen LogP contribution in [0.1, 0.15) is 12.5 Å². The zero-order valence-corrected chi connectivity index (χ0v) is 11.3. The van der Waals surface area contributed by atoms with Crippen LogP contribution in [0.3, 0.4) is 0 Å². The van der Waals surface area contributed by atoms with Gasteiger partial charge in [0.2, 0.25) is 0 Å². The molecule has 0 aliphatic heterocycles. The summed E-state index contributed by atoms with van der Waals surface area (Å²) in [4.78, 5) is 0. The largest absolute Gasteiger partial charge is 0.491 e. The van der Waals surface area contributed by atoms with Crippen LogP contribution >= 0.6 is 23.4 Å². The van der Waals surface area contributed by atoms with E-state index in [-0.39, 0.29) is 0 Å². The van der Waals surface area contributed by atoms with Crippen LogP contribution in [0, 0.1) is 0 Å². The van der Waals surface area contributed by atoms with Crippen molar-refractivity contribution >= 4 is 23.4 Å². The van der Waals surface area contributed by atoms with Crippen molar-refractivity contribution in [1.82, 2.24) is 5.32 Å². The molecule has 1 N–H and O–H groups in total. The Hall–Kier alpha value is -0.380. The highest BCUT2D eigenvalue weighted by atomic mass is 35.5. The van der Waals surface area contributed by atoms with E-state index in [2.05, 4.69) is 12.2 Å². The van der Waals surface area contributed by atoms with E-state index in [0.717, 1.165) is 23.8 Å². The lowest BCUT2D eigenvalue weighted by atomic mass is 10.2. The molecule has 1 aromatic carbocycles. The van der Waals surface area contributed by atoms with Gasteiger partial charge in [0.1, 0.15) is 5.75 Å². The smallest absolute Gasteiger partial charge is 0.137 e. The lowest BCUT2D eigenvalue weighted by Gasteiger charge is -2.09. The van der Waals surface area contributed by atoms with Gasteiger partial charge in [0.25, 0.3) is 0 Å². The summed E-state index contributed by atoms with van der Waals surface area (Å²) in [6.45, 7) is 3.68. The Balaban J connectivity index is 2.47. The van der Waals surface area contributed by atoms with Crippen LogP contribution in [-0.4, -0.2) is 25.2 Å². The van der Waals surface area contributed by atoms with Crippen LogP contribution in [0.2, 0.25) is 5.02 Å². The molecule has 1 rings (SSSR count). The Morgan fingerprint density at radius 3 is 2.88 bits per heavy atom. The normalized spacial score (nSPS) is 10.4. The highest BCUT2D eigenvalue weighted by Gasteiger charge is 2.02. The molecule has 0 aliphatic carbocycles. The van der Waals surface area contributed by atoms with Crippen LogP contribution in [-0.2, 0) is 6.54 Å². The fourth-order valence-electron chi connectivity index (χ4n) is 1.33. The Bertz CT molecular complexity index is 320. The minimum atomic E-state index is 0.689. The van der Waals surface area contributed by atoms with Gasteiger partial charge in [-0.05, 0) is 30.5 Å². The molecule has 4 heteroatoms. The van der Waals surface area contributed by atoms with E-state index >= 15 is 0 Å². The average Bonchev–Trinajstić information content (AvgIpc) is 2.27. The zero-order chi connectivity index (χ0) is 11.8. The summed E-state index contributed by atoms with van der Waals surface area (Å²) in [7, 11) is 1.92. The molecular formula is C12H18ClNOS. The van der Waals surface area contributed by atoms with Gasteiger partial charge in [0, 0.05) is 12.3 Å². The number of ether oxygens (including phenoxy) is 1. The lowest BCUT2D eigenvalue weighted by Crippen LogP contribution is -2.05. The summed E-state index contributed by atoms with van der Waals surface area (Å²) in [5.41, 5.74) is 1.17. The number of hydrogen-bond donors (Lipinski definition) is 1. The minimum Gasteiger partial charge on any atom is -0.491 e. The second kappa shape index (κ2) is 7.82. The van der Waals surface area contributed by atoms with Crippen LogP contribution in [0.4, 0.5) is 0 Å². The molecule has 0 bridgehead atoms. The van der Waals surface area contributed by atoms with Crippen LogP contribution in [0.15, 0.2) is 18.2 Å². The summed E-state index contributed by atoms with van der Waals surface area (Å²) in [5.74, 6) is 2.90. The molecule has 90 valence electrons. The number of benzene rings is 1. The van der Waals surface area contributed by atoms with Gasteiger partial charge in [-0.1, -0.05) is 24.6 Å². The Morgan fingerprint density at radius 1 is 1.44 bits per heavy atom. The quantitative estimate of drug-likeness (QED) is 0.760. The lowest BCUT2D eigenvalue weighted by molar-refractivity contribution is 0.344. The van der Waals surface area contributed by atoms with E-state index in [9.17, 15) is 0 Å². The second-order valence-corrected chi connectivity index (χ2v) is 5.14. The van der Waals surface area contributed by atoms with Crippen molar-refractivity contribution < 1.29 is 4.74 Å². The number of hydrogen-bond acceptors (Lipinski definition) is 3. The molecule has 0 heterocycles. The Labute approximate surface area is 107 Å². The molecule has 0 spiro atoms. The molecule has 0 unspecified atom stereocenters. The van der Waals surface area contributed by atoms with Crippen molar-refractivity contribution in [2.45, 2.75) is 13.5 Å². The van der Waals surface area contributed by atoms with Gasteiger partial charge in [-0.3, -0.25) is 0 Å². The van der Waals surface area contributed by atoms with Gasteiger partial charge in [0.05, 0.1) is 11.6 Å². The minimum absolute atomic E-state index is 0.689. The fourth-order valence-corrected chi connectivity index (χ4v) is 2.08. The first-order chi connectivity index (χ1) is 7.77. The molecule has 0 saturated heterocycles. The highest BCUT2D eigenvalue weighted by Crippen LogP contribution is 2.25.